The molecular weight excluding hydrogens is 319 g/mol. The molecule has 0 spiro atoms. The van der Waals surface area contributed by atoms with Crippen LogP contribution in [-0.2, 0) is 6.18 Å². The molecule has 0 fully saturated rings. The average molecular weight is 335 g/mol. The van der Waals surface area contributed by atoms with Crippen molar-refractivity contribution in [1.29, 1.82) is 0 Å². The molecule has 0 atom stereocenters. The quantitative estimate of drug-likeness (QED) is 0.451. The SMILES string of the molecule is CCCCCNc1c([N+](=O)[O-])cc(C(F)(F)F)c(C)c1[N+](=O)[O-]. The average Bonchev–Trinajstić information content (AvgIpc) is 2.41. The maximum Gasteiger partial charge on any atom is 0.417 e. The summed E-state index contributed by atoms with van der Waals surface area (Å²) in [5.74, 6) is 0. The van der Waals surface area contributed by atoms with Gasteiger partial charge >= 0.3 is 11.9 Å². The van der Waals surface area contributed by atoms with E-state index in [1.807, 2.05) is 6.92 Å². The van der Waals surface area contributed by atoms with Crippen LogP contribution in [0.3, 0.4) is 0 Å². The Kier molecular flexibility index (Phi) is 5.88. The standard InChI is InChI=1S/C13H16F3N3O4/c1-3-4-5-6-17-11-10(18(20)21)7-9(13(14,15)16)8(2)12(11)19(22)23/h7,17H,3-6H2,1-2H3. The van der Waals surface area contributed by atoms with Crippen LogP contribution < -0.4 is 5.32 Å². The highest BCUT2D eigenvalue weighted by Crippen LogP contribution is 2.44. The van der Waals surface area contributed by atoms with Crippen LogP contribution in [0.5, 0.6) is 0 Å². The lowest BCUT2D eigenvalue weighted by molar-refractivity contribution is -0.393. The Morgan fingerprint density at radius 1 is 1.17 bits per heavy atom. The molecule has 10 heteroatoms. The van der Waals surface area contributed by atoms with Crippen molar-refractivity contribution in [2.24, 2.45) is 0 Å². The van der Waals surface area contributed by atoms with Crippen LogP contribution in [0.1, 0.15) is 37.3 Å². The summed E-state index contributed by atoms with van der Waals surface area (Å²) in [7, 11) is 0. The number of nitrogens with zero attached hydrogens (tertiary/aromatic N) is 2. The van der Waals surface area contributed by atoms with Crippen LogP contribution in [-0.4, -0.2) is 16.4 Å². The predicted molar refractivity (Wildman–Crippen MR) is 77.5 cm³/mol. The van der Waals surface area contributed by atoms with Crippen LogP contribution in [0.15, 0.2) is 6.07 Å². The van der Waals surface area contributed by atoms with Gasteiger partial charge in [-0.25, -0.2) is 0 Å². The van der Waals surface area contributed by atoms with Crippen LogP contribution >= 0.6 is 0 Å². The topological polar surface area (TPSA) is 98.3 Å². The van der Waals surface area contributed by atoms with E-state index in [-0.39, 0.29) is 6.54 Å². The van der Waals surface area contributed by atoms with E-state index >= 15 is 0 Å². The van der Waals surface area contributed by atoms with Gasteiger partial charge in [0, 0.05) is 18.2 Å². The Morgan fingerprint density at radius 2 is 1.78 bits per heavy atom. The van der Waals surface area contributed by atoms with Gasteiger partial charge in [-0.1, -0.05) is 19.8 Å². The molecule has 128 valence electrons. The summed E-state index contributed by atoms with van der Waals surface area (Å²) < 4.78 is 38.9. The lowest BCUT2D eigenvalue weighted by Gasteiger charge is -2.14. The van der Waals surface area contributed by atoms with Crippen molar-refractivity contribution in [3.63, 3.8) is 0 Å². The summed E-state index contributed by atoms with van der Waals surface area (Å²) in [5, 5.41) is 24.8. The number of rotatable bonds is 7. The highest BCUT2D eigenvalue weighted by atomic mass is 19.4. The Hall–Kier alpha value is -2.39. The summed E-state index contributed by atoms with van der Waals surface area (Å²) in [6, 6.07) is 0.338. The normalized spacial score (nSPS) is 11.3. The zero-order valence-corrected chi connectivity index (χ0v) is 12.6. The highest BCUT2D eigenvalue weighted by Gasteiger charge is 2.40. The van der Waals surface area contributed by atoms with Gasteiger partial charge in [0.1, 0.15) is 0 Å². The van der Waals surface area contributed by atoms with Gasteiger partial charge in [-0.15, -0.1) is 0 Å². The van der Waals surface area contributed by atoms with E-state index in [0.717, 1.165) is 19.8 Å². The molecule has 0 saturated heterocycles. The van der Waals surface area contributed by atoms with E-state index in [1.54, 1.807) is 0 Å². The zero-order valence-electron chi connectivity index (χ0n) is 12.6. The molecule has 0 bridgehead atoms. The summed E-state index contributed by atoms with van der Waals surface area (Å²) in [6.07, 6.45) is -2.68. The number of nitro benzene ring substituents is 2. The largest absolute Gasteiger partial charge is 0.417 e. The predicted octanol–water partition coefficient (Wildman–Crippen LogP) is 4.43. The molecule has 0 unspecified atom stereocenters. The number of hydrogen-bond acceptors (Lipinski definition) is 5. The number of hydrogen-bond donors (Lipinski definition) is 1. The van der Waals surface area contributed by atoms with Crippen molar-refractivity contribution < 1.29 is 23.0 Å². The fourth-order valence-corrected chi connectivity index (χ4v) is 2.18. The number of halogens is 3. The first kappa shape index (κ1) is 18.7. The van der Waals surface area contributed by atoms with Crippen LogP contribution in [0, 0.1) is 27.2 Å². The minimum Gasteiger partial charge on any atom is -0.374 e. The summed E-state index contributed by atoms with van der Waals surface area (Å²) in [4.78, 5) is 20.1. The number of nitrogens with one attached hydrogen (secondary N) is 1. The number of benzene rings is 1. The van der Waals surface area contributed by atoms with E-state index in [1.165, 1.54) is 0 Å². The molecule has 0 aromatic heterocycles. The summed E-state index contributed by atoms with van der Waals surface area (Å²) >= 11 is 0. The Morgan fingerprint density at radius 3 is 2.22 bits per heavy atom. The van der Waals surface area contributed by atoms with E-state index < -0.39 is 44.2 Å². The molecule has 0 radical (unpaired) electrons. The van der Waals surface area contributed by atoms with Gasteiger partial charge < -0.3 is 5.32 Å². The number of unbranched alkanes of at least 4 members (excludes halogenated alkanes) is 2. The van der Waals surface area contributed by atoms with Crippen molar-refractivity contribution in [3.8, 4) is 0 Å². The summed E-state index contributed by atoms with van der Waals surface area (Å²) in [6.45, 7) is 3.05. The number of anilines is 1. The molecule has 23 heavy (non-hydrogen) atoms. The molecule has 1 N–H and O–H groups in total. The molecule has 0 aliphatic rings. The van der Waals surface area contributed by atoms with Gasteiger partial charge in [-0.3, -0.25) is 20.2 Å². The maximum absolute atomic E-state index is 13.0. The van der Waals surface area contributed by atoms with Crippen LogP contribution in [0.2, 0.25) is 0 Å². The van der Waals surface area contributed by atoms with Gasteiger partial charge in [0.15, 0.2) is 5.69 Å². The first-order chi connectivity index (χ1) is 10.6. The van der Waals surface area contributed by atoms with E-state index in [9.17, 15) is 33.4 Å². The molecule has 0 saturated carbocycles. The second-order valence-electron chi connectivity index (χ2n) is 4.94. The molecule has 1 aromatic rings. The van der Waals surface area contributed by atoms with Gasteiger partial charge in [0.05, 0.1) is 15.4 Å². The maximum atomic E-state index is 13.0. The highest BCUT2D eigenvalue weighted by molar-refractivity contribution is 5.78. The van der Waals surface area contributed by atoms with Crippen LogP contribution in [0.25, 0.3) is 0 Å². The van der Waals surface area contributed by atoms with Crippen molar-refractivity contribution in [2.45, 2.75) is 39.3 Å². The lowest BCUT2D eigenvalue weighted by atomic mass is 10.0. The second-order valence-corrected chi connectivity index (χ2v) is 4.94. The van der Waals surface area contributed by atoms with Gasteiger partial charge in [0.25, 0.3) is 5.69 Å². The fraction of sp³-hybridized carbons (Fsp3) is 0.538. The second kappa shape index (κ2) is 7.25. The Balaban J connectivity index is 3.49. The third-order valence-electron chi connectivity index (χ3n) is 3.30. The van der Waals surface area contributed by atoms with Gasteiger partial charge in [-0.2, -0.15) is 13.2 Å². The monoisotopic (exact) mass is 335 g/mol. The molecule has 0 aliphatic carbocycles. The number of alkyl halides is 3. The fourth-order valence-electron chi connectivity index (χ4n) is 2.18. The summed E-state index contributed by atoms with van der Waals surface area (Å²) in [5.41, 5.74) is -4.38. The van der Waals surface area contributed by atoms with Crippen molar-refractivity contribution in [2.75, 3.05) is 11.9 Å². The van der Waals surface area contributed by atoms with E-state index in [4.69, 9.17) is 0 Å². The van der Waals surface area contributed by atoms with Gasteiger partial charge in [0.2, 0.25) is 0 Å². The minimum absolute atomic E-state index is 0.195. The van der Waals surface area contributed by atoms with Crippen molar-refractivity contribution >= 4 is 17.1 Å². The first-order valence-electron chi connectivity index (χ1n) is 6.88. The van der Waals surface area contributed by atoms with E-state index in [2.05, 4.69) is 5.32 Å². The first-order valence-corrected chi connectivity index (χ1v) is 6.88. The molecular formula is C13H16F3N3O4. The number of nitro groups is 2. The third-order valence-corrected chi connectivity index (χ3v) is 3.30. The van der Waals surface area contributed by atoms with E-state index in [0.29, 0.717) is 12.5 Å². The zero-order chi connectivity index (χ0) is 17.8. The Labute approximate surface area is 129 Å². The molecule has 1 aromatic carbocycles. The minimum atomic E-state index is -4.92. The lowest BCUT2D eigenvalue weighted by Crippen LogP contribution is -2.14. The molecule has 7 nitrogen and oxygen atoms in total. The van der Waals surface area contributed by atoms with Gasteiger partial charge in [-0.05, 0) is 13.3 Å². The molecule has 0 amide bonds. The molecule has 0 heterocycles. The smallest absolute Gasteiger partial charge is 0.374 e. The molecule has 1 rings (SSSR count). The van der Waals surface area contributed by atoms with Crippen LogP contribution in [0.4, 0.5) is 30.2 Å². The van der Waals surface area contributed by atoms with Crippen molar-refractivity contribution in [1.82, 2.24) is 0 Å². The third kappa shape index (κ3) is 4.30. The van der Waals surface area contributed by atoms with Crippen molar-refractivity contribution in [3.05, 3.63) is 37.4 Å². The Bertz CT molecular complexity index is 617. The molecule has 0 aliphatic heterocycles.